The van der Waals surface area contributed by atoms with Crippen molar-refractivity contribution >= 4 is 68.6 Å². The van der Waals surface area contributed by atoms with Crippen LogP contribution in [0.25, 0.3) is 32.3 Å². The van der Waals surface area contributed by atoms with Gasteiger partial charge in [-0.1, -0.05) is 88.6 Å². The Bertz CT molecular complexity index is 2080. The first-order chi connectivity index (χ1) is 22.6. The molecule has 0 aromatic heterocycles. The second-order valence-corrected chi connectivity index (χ2v) is 16.0. The molecule has 4 aromatic carbocycles. The summed E-state index contributed by atoms with van der Waals surface area (Å²) in [7, 11) is -15.9. The maximum atomic E-state index is 12.8. The molecule has 0 saturated carbocycles. The Morgan fingerprint density at radius 2 is 0.941 bits per heavy atom. The molecular formula is C34H39Na3O11S3. The summed E-state index contributed by atoms with van der Waals surface area (Å²) < 4.78 is 115. The maximum absolute atomic E-state index is 12.8. The quantitative estimate of drug-likeness (QED) is 0.0199. The van der Waals surface area contributed by atoms with Gasteiger partial charge < -0.3 is 18.4 Å². The smallest absolute Gasteiger partial charge is 0.744 e. The summed E-state index contributed by atoms with van der Waals surface area (Å²) >= 11 is 0. The van der Waals surface area contributed by atoms with Gasteiger partial charge in [0.15, 0.2) is 0 Å². The van der Waals surface area contributed by atoms with Crippen LogP contribution in [0.3, 0.4) is 0 Å². The number of rotatable bonds is 19. The molecule has 0 aliphatic carbocycles. The number of benzene rings is 4. The number of unbranched alkanes of at least 4 members (excludes halogenated alkanes) is 11. The number of allylic oxidation sites excluding steroid dienone is 2. The monoisotopic (exact) mass is 788 g/mol. The third-order valence-electron chi connectivity index (χ3n) is 8.42. The van der Waals surface area contributed by atoms with Crippen molar-refractivity contribution in [2.24, 2.45) is 0 Å². The van der Waals surface area contributed by atoms with E-state index in [9.17, 15) is 43.7 Å². The van der Waals surface area contributed by atoms with Crippen molar-refractivity contribution in [3.05, 3.63) is 48.6 Å². The van der Waals surface area contributed by atoms with E-state index < -0.39 is 51.0 Å². The zero-order valence-corrected chi connectivity index (χ0v) is 38.2. The van der Waals surface area contributed by atoms with Crippen molar-refractivity contribution in [2.45, 2.75) is 112 Å². The Morgan fingerprint density at radius 3 is 1.39 bits per heavy atom. The van der Waals surface area contributed by atoms with Crippen molar-refractivity contribution in [1.29, 1.82) is 0 Å². The van der Waals surface area contributed by atoms with Gasteiger partial charge in [0.1, 0.15) is 36.1 Å². The molecule has 0 N–H and O–H groups in total. The Hall–Kier alpha value is -0.140. The van der Waals surface area contributed by atoms with E-state index in [0.717, 1.165) is 56.7 Å². The van der Waals surface area contributed by atoms with Gasteiger partial charge >= 0.3 is 94.6 Å². The molecule has 0 atom stereocenters. The summed E-state index contributed by atoms with van der Waals surface area (Å²) in [5.41, 5.74) is 0. The molecule has 0 fully saturated rings. The average molecular weight is 789 g/mol. The summed E-state index contributed by atoms with van der Waals surface area (Å²) in [6.45, 7) is 2.21. The zero-order valence-electron chi connectivity index (χ0n) is 29.7. The first-order valence-corrected chi connectivity index (χ1v) is 20.4. The molecule has 0 unspecified atom stereocenters. The van der Waals surface area contributed by atoms with E-state index in [2.05, 4.69) is 19.1 Å². The molecule has 17 heteroatoms. The van der Waals surface area contributed by atoms with E-state index in [0.29, 0.717) is 12.5 Å². The fourth-order valence-electron chi connectivity index (χ4n) is 6.08. The van der Waals surface area contributed by atoms with Gasteiger partial charge in [-0.05, 0) is 50.3 Å². The first kappa shape index (κ1) is 48.9. The van der Waals surface area contributed by atoms with E-state index in [1.165, 1.54) is 50.7 Å². The van der Waals surface area contributed by atoms with Gasteiger partial charge in [0.2, 0.25) is 0 Å². The number of carbonyl (C=O) groups is 1. The van der Waals surface area contributed by atoms with Gasteiger partial charge in [0, 0.05) is 38.7 Å². The van der Waals surface area contributed by atoms with E-state index in [4.69, 9.17) is 4.74 Å². The van der Waals surface area contributed by atoms with Gasteiger partial charge in [-0.25, -0.2) is 25.3 Å². The van der Waals surface area contributed by atoms with Crippen LogP contribution in [0.4, 0.5) is 0 Å². The predicted octanol–water partition coefficient (Wildman–Crippen LogP) is -1.75. The van der Waals surface area contributed by atoms with Crippen LogP contribution < -0.4 is 93.4 Å². The molecule has 11 nitrogen and oxygen atoms in total. The van der Waals surface area contributed by atoms with Gasteiger partial charge in [0.05, 0.1) is 14.7 Å². The minimum atomic E-state index is -5.33. The minimum Gasteiger partial charge on any atom is -0.744 e. The van der Waals surface area contributed by atoms with E-state index in [-0.39, 0.29) is 133 Å². The van der Waals surface area contributed by atoms with E-state index in [1.54, 1.807) is 0 Å². The standard InChI is InChI=1S/C34H42O11S3.3Na/c1-2-3-4-5-6-7-8-9-10-11-12-13-14-15-16-17-32(35)45-28-22-29(46(36,37)38)25-20-21-27-31(48(42,43)44)23-30(47(39,40)41)26-19-18-24(28)33(25)34(26)27;;;/h9-10,18-23H,2-8,11-17H2,1H3,(H,36,37,38)(H,39,40,41)(H,42,43,44);;;/q;3*+1/p-3/b10-9-;;;. The molecule has 0 aliphatic rings. The van der Waals surface area contributed by atoms with Crippen LogP contribution in [0, 0.1) is 0 Å². The number of carbonyl (C=O) groups excluding carboxylic acids is 1. The van der Waals surface area contributed by atoms with Crippen LogP contribution in [0.2, 0.25) is 0 Å². The summed E-state index contributed by atoms with van der Waals surface area (Å²) in [5.74, 6) is -1.03. The molecule has 0 spiro atoms. The van der Waals surface area contributed by atoms with Crippen LogP contribution in [0.5, 0.6) is 5.75 Å². The minimum absolute atomic E-state index is 0. The third kappa shape index (κ3) is 13.2. The Balaban J connectivity index is 0.00000433. The average Bonchev–Trinajstić information content (AvgIpc) is 3.00. The zero-order chi connectivity index (χ0) is 35.1. The summed E-state index contributed by atoms with van der Waals surface area (Å²) in [6, 6.07) is 5.96. The van der Waals surface area contributed by atoms with Gasteiger partial charge in [0.25, 0.3) is 0 Å². The topological polar surface area (TPSA) is 198 Å². The third-order valence-corrected chi connectivity index (χ3v) is 11.1. The van der Waals surface area contributed by atoms with Crippen molar-refractivity contribution < 1.29 is 137 Å². The SMILES string of the molecule is CCCCCCCC/C=C\CCCCCCCC(=O)Oc1cc(S(=O)(=O)[O-])c2ccc3c(S(=O)(=O)[O-])cc(S(=O)(=O)[O-])c4ccc1c2c43.[Na+].[Na+].[Na+]. The van der Waals surface area contributed by atoms with Crippen molar-refractivity contribution in [3.8, 4) is 5.75 Å². The van der Waals surface area contributed by atoms with Crippen molar-refractivity contribution in [3.63, 3.8) is 0 Å². The molecular weight excluding hydrogens is 750 g/mol. The molecule has 262 valence electrons. The Morgan fingerprint density at radius 1 is 0.569 bits per heavy atom. The Kier molecular flexibility index (Phi) is 20.9. The van der Waals surface area contributed by atoms with Crippen LogP contribution in [0.15, 0.2) is 63.2 Å². The molecule has 4 rings (SSSR count). The van der Waals surface area contributed by atoms with Crippen molar-refractivity contribution in [2.75, 3.05) is 0 Å². The summed E-state index contributed by atoms with van der Waals surface area (Å²) in [5, 5.41) is -1.18. The largest absolute Gasteiger partial charge is 1.00 e. The van der Waals surface area contributed by atoms with Crippen LogP contribution in [-0.2, 0) is 35.1 Å². The van der Waals surface area contributed by atoms with Crippen LogP contribution >= 0.6 is 0 Å². The van der Waals surface area contributed by atoms with E-state index in [1.807, 2.05) is 0 Å². The second-order valence-electron chi connectivity index (χ2n) is 12.0. The van der Waals surface area contributed by atoms with Gasteiger partial charge in [-0.15, -0.1) is 0 Å². The molecule has 0 radical (unpaired) electrons. The summed E-state index contributed by atoms with van der Waals surface area (Å²) in [6.07, 6.45) is 18.4. The Labute approximate surface area is 367 Å². The number of ether oxygens (including phenoxy) is 1. The fourth-order valence-corrected chi connectivity index (χ4v) is 8.25. The number of esters is 1. The normalized spacial score (nSPS) is 12.2. The second kappa shape index (κ2) is 21.8. The predicted molar refractivity (Wildman–Crippen MR) is 179 cm³/mol. The molecule has 0 bridgehead atoms. The van der Waals surface area contributed by atoms with Crippen LogP contribution in [0.1, 0.15) is 96.8 Å². The molecule has 4 aromatic rings. The number of hydrogen-bond donors (Lipinski definition) is 0. The molecule has 0 amide bonds. The summed E-state index contributed by atoms with van der Waals surface area (Å²) in [4.78, 5) is 9.99. The molecule has 51 heavy (non-hydrogen) atoms. The van der Waals surface area contributed by atoms with Gasteiger partial charge in [-0.2, -0.15) is 0 Å². The maximum Gasteiger partial charge on any atom is 1.00 e. The van der Waals surface area contributed by atoms with Crippen molar-refractivity contribution in [1.82, 2.24) is 0 Å². The first-order valence-electron chi connectivity index (χ1n) is 16.2. The molecule has 0 aliphatic heterocycles. The van der Waals surface area contributed by atoms with Crippen LogP contribution in [-0.4, -0.2) is 44.9 Å². The number of hydrogen-bond acceptors (Lipinski definition) is 11. The van der Waals surface area contributed by atoms with E-state index >= 15 is 0 Å². The van der Waals surface area contributed by atoms with Gasteiger partial charge in [-0.3, -0.25) is 4.79 Å². The molecule has 0 saturated heterocycles. The molecule has 0 heterocycles. The fraction of sp³-hybridized carbons (Fsp3) is 0.441.